The van der Waals surface area contributed by atoms with Crippen molar-refractivity contribution < 1.29 is 8.42 Å². The number of hydrogen-bond donors (Lipinski definition) is 2. The van der Waals surface area contributed by atoms with Crippen LogP contribution < -0.4 is 10.5 Å². The van der Waals surface area contributed by atoms with Gasteiger partial charge in [-0.15, -0.1) is 11.3 Å². The SMILES string of the molecule is Cc1nc(CS(N)(=O)=O)sc1CNC(C)C. The Morgan fingerprint density at radius 1 is 1.50 bits per heavy atom. The molecule has 1 heterocycles. The molecular formula is C9H17N3O2S2. The predicted octanol–water partition coefficient (Wildman–Crippen LogP) is 0.738. The molecule has 0 atom stereocenters. The van der Waals surface area contributed by atoms with Crippen molar-refractivity contribution in [1.82, 2.24) is 10.3 Å². The second kappa shape index (κ2) is 5.22. The lowest BCUT2D eigenvalue weighted by Gasteiger charge is -2.05. The Labute approximate surface area is 100 Å². The summed E-state index contributed by atoms with van der Waals surface area (Å²) in [4.78, 5) is 5.26. The molecule has 0 aromatic carbocycles. The van der Waals surface area contributed by atoms with Crippen molar-refractivity contribution in [3.8, 4) is 0 Å². The van der Waals surface area contributed by atoms with E-state index in [1.807, 2.05) is 6.92 Å². The fourth-order valence-electron chi connectivity index (χ4n) is 1.18. The van der Waals surface area contributed by atoms with Crippen molar-refractivity contribution in [2.24, 2.45) is 5.14 Å². The summed E-state index contributed by atoms with van der Waals surface area (Å²) in [7, 11) is -3.48. The van der Waals surface area contributed by atoms with E-state index in [2.05, 4.69) is 24.1 Å². The molecule has 3 N–H and O–H groups in total. The summed E-state index contributed by atoms with van der Waals surface area (Å²) < 4.78 is 21.8. The molecule has 1 aromatic heterocycles. The van der Waals surface area contributed by atoms with Gasteiger partial charge in [-0.25, -0.2) is 18.5 Å². The maximum Gasteiger partial charge on any atom is 0.215 e. The zero-order chi connectivity index (χ0) is 12.3. The molecule has 1 rings (SSSR count). The second-order valence-corrected chi connectivity index (χ2v) is 6.74. The molecule has 0 spiro atoms. The zero-order valence-corrected chi connectivity index (χ0v) is 11.3. The maximum absolute atomic E-state index is 10.9. The van der Waals surface area contributed by atoms with Gasteiger partial charge < -0.3 is 5.32 Å². The highest BCUT2D eigenvalue weighted by Crippen LogP contribution is 2.19. The van der Waals surface area contributed by atoms with E-state index in [9.17, 15) is 8.42 Å². The van der Waals surface area contributed by atoms with E-state index in [1.54, 1.807) is 0 Å². The summed E-state index contributed by atoms with van der Waals surface area (Å²) in [5.41, 5.74) is 0.872. The van der Waals surface area contributed by atoms with E-state index >= 15 is 0 Å². The molecule has 1 aromatic rings. The Kier molecular flexibility index (Phi) is 4.43. The van der Waals surface area contributed by atoms with Crippen molar-refractivity contribution in [2.45, 2.75) is 39.1 Å². The molecule has 0 aliphatic rings. The maximum atomic E-state index is 10.9. The van der Waals surface area contributed by atoms with Crippen LogP contribution >= 0.6 is 11.3 Å². The lowest BCUT2D eigenvalue weighted by molar-refractivity contribution is 0.591. The monoisotopic (exact) mass is 263 g/mol. The number of rotatable bonds is 5. The minimum atomic E-state index is -3.48. The molecule has 0 aliphatic carbocycles. The van der Waals surface area contributed by atoms with Gasteiger partial charge >= 0.3 is 0 Å². The number of thiazole rings is 1. The first kappa shape index (κ1) is 13.6. The zero-order valence-electron chi connectivity index (χ0n) is 9.65. The molecule has 0 amide bonds. The van der Waals surface area contributed by atoms with E-state index in [1.165, 1.54) is 11.3 Å². The van der Waals surface area contributed by atoms with Gasteiger partial charge in [0.25, 0.3) is 0 Å². The molecule has 5 nitrogen and oxygen atoms in total. The molecule has 0 fully saturated rings. The van der Waals surface area contributed by atoms with Crippen LogP contribution in [0.3, 0.4) is 0 Å². The van der Waals surface area contributed by atoms with Gasteiger partial charge in [0.2, 0.25) is 10.0 Å². The Balaban J connectivity index is 2.74. The Morgan fingerprint density at radius 2 is 2.12 bits per heavy atom. The summed E-state index contributed by atoms with van der Waals surface area (Å²) >= 11 is 1.40. The second-order valence-electron chi connectivity index (χ2n) is 3.96. The van der Waals surface area contributed by atoms with Crippen LogP contribution in [0, 0.1) is 6.92 Å². The molecule has 92 valence electrons. The summed E-state index contributed by atoms with van der Waals surface area (Å²) in [5, 5.41) is 8.80. The first-order chi connectivity index (χ1) is 7.28. The fraction of sp³-hybridized carbons (Fsp3) is 0.667. The van der Waals surface area contributed by atoms with Gasteiger partial charge in [-0.1, -0.05) is 13.8 Å². The van der Waals surface area contributed by atoms with Gasteiger partial charge in [-0.3, -0.25) is 0 Å². The number of nitrogens with zero attached hydrogens (tertiary/aromatic N) is 1. The molecule has 0 saturated heterocycles. The van der Waals surface area contributed by atoms with Crippen LogP contribution in [-0.2, 0) is 22.3 Å². The van der Waals surface area contributed by atoms with Gasteiger partial charge in [-0.05, 0) is 6.92 Å². The smallest absolute Gasteiger partial charge is 0.215 e. The predicted molar refractivity (Wildman–Crippen MR) is 65.6 cm³/mol. The van der Waals surface area contributed by atoms with Crippen LogP contribution in [0.5, 0.6) is 0 Å². The number of aryl methyl sites for hydroxylation is 1. The summed E-state index contributed by atoms with van der Waals surface area (Å²) in [5.74, 6) is -0.180. The third-order valence-electron chi connectivity index (χ3n) is 1.93. The van der Waals surface area contributed by atoms with Gasteiger partial charge in [0.05, 0.1) is 5.69 Å². The number of nitrogens with two attached hydrogens (primary N) is 1. The minimum Gasteiger partial charge on any atom is -0.310 e. The number of nitrogens with one attached hydrogen (secondary N) is 1. The molecule has 0 saturated carbocycles. The first-order valence-electron chi connectivity index (χ1n) is 4.97. The summed E-state index contributed by atoms with van der Waals surface area (Å²) in [6.45, 7) is 6.70. The summed E-state index contributed by atoms with van der Waals surface area (Å²) in [6, 6.07) is 0.392. The average molecular weight is 263 g/mol. The van der Waals surface area contributed by atoms with Crippen molar-refractivity contribution in [3.63, 3.8) is 0 Å². The van der Waals surface area contributed by atoms with Crippen molar-refractivity contribution in [1.29, 1.82) is 0 Å². The average Bonchev–Trinajstić information content (AvgIpc) is 2.39. The van der Waals surface area contributed by atoms with Crippen molar-refractivity contribution in [2.75, 3.05) is 0 Å². The first-order valence-corrected chi connectivity index (χ1v) is 7.50. The topological polar surface area (TPSA) is 85.1 Å². The molecule has 0 unspecified atom stereocenters. The third-order valence-corrected chi connectivity index (χ3v) is 3.95. The third kappa shape index (κ3) is 4.56. The van der Waals surface area contributed by atoms with Gasteiger partial charge in [0.1, 0.15) is 10.8 Å². The van der Waals surface area contributed by atoms with Gasteiger partial charge in [0.15, 0.2) is 0 Å². The van der Waals surface area contributed by atoms with Crippen LogP contribution in [0.1, 0.15) is 29.4 Å². The standard InChI is InChI=1S/C9H17N3O2S2/c1-6(2)11-4-8-7(3)12-9(15-8)5-16(10,13)14/h6,11H,4-5H2,1-3H3,(H2,10,13,14). The number of aromatic nitrogens is 1. The number of primary sulfonamides is 1. The van der Waals surface area contributed by atoms with Crippen LogP contribution in [0.25, 0.3) is 0 Å². The normalized spacial score (nSPS) is 12.3. The Morgan fingerprint density at radius 3 is 2.62 bits per heavy atom. The minimum absolute atomic E-state index is 0.180. The van der Waals surface area contributed by atoms with Gasteiger partial charge in [0, 0.05) is 17.5 Å². The molecule has 0 radical (unpaired) electrons. The highest BCUT2D eigenvalue weighted by Gasteiger charge is 2.12. The highest BCUT2D eigenvalue weighted by molar-refractivity contribution is 7.88. The van der Waals surface area contributed by atoms with Crippen LogP contribution in [-0.4, -0.2) is 19.4 Å². The molecule has 0 aliphatic heterocycles. The Bertz CT molecular complexity index is 451. The van der Waals surface area contributed by atoms with Crippen molar-refractivity contribution >= 4 is 21.4 Å². The molecular weight excluding hydrogens is 246 g/mol. The summed E-state index contributed by atoms with van der Waals surface area (Å²) in [6.07, 6.45) is 0. The van der Waals surface area contributed by atoms with E-state index in [4.69, 9.17) is 5.14 Å². The van der Waals surface area contributed by atoms with E-state index in [0.29, 0.717) is 17.6 Å². The molecule has 7 heteroatoms. The highest BCUT2D eigenvalue weighted by atomic mass is 32.2. The van der Waals surface area contributed by atoms with Gasteiger partial charge in [-0.2, -0.15) is 0 Å². The van der Waals surface area contributed by atoms with Crippen LogP contribution in [0.4, 0.5) is 0 Å². The number of sulfonamides is 1. The Hall–Kier alpha value is -0.500. The van der Waals surface area contributed by atoms with E-state index < -0.39 is 10.0 Å². The van der Waals surface area contributed by atoms with Crippen LogP contribution in [0.15, 0.2) is 0 Å². The lowest BCUT2D eigenvalue weighted by atomic mass is 10.3. The quantitative estimate of drug-likeness (QED) is 0.820. The lowest BCUT2D eigenvalue weighted by Crippen LogP contribution is -2.21. The molecule has 16 heavy (non-hydrogen) atoms. The van der Waals surface area contributed by atoms with E-state index in [-0.39, 0.29) is 5.75 Å². The largest absolute Gasteiger partial charge is 0.310 e. The number of hydrogen-bond acceptors (Lipinski definition) is 5. The van der Waals surface area contributed by atoms with Crippen molar-refractivity contribution in [3.05, 3.63) is 15.6 Å². The van der Waals surface area contributed by atoms with E-state index in [0.717, 1.165) is 10.6 Å². The van der Waals surface area contributed by atoms with Crippen LogP contribution in [0.2, 0.25) is 0 Å². The fourth-order valence-corrected chi connectivity index (χ4v) is 3.14. The molecule has 0 bridgehead atoms.